The molecular weight excluding hydrogens is 360 g/mol. The number of thioether (sulfide) groups is 1. The van der Waals surface area contributed by atoms with Crippen molar-refractivity contribution in [3.63, 3.8) is 0 Å². The van der Waals surface area contributed by atoms with Crippen molar-refractivity contribution in [2.24, 2.45) is 5.84 Å². The third-order valence-electron chi connectivity index (χ3n) is 2.92. The van der Waals surface area contributed by atoms with Crippen LogP contribution in [0.15, 0.2) is 35.5 Å². The van der Waals surface area contributed by atoms with Crippen LogP contribution in [0.5, 0.6) is 5.75 Å². The third-order valence-corrected chi connectivity index (χ3v) is 3.97. The van der Waals surface area contributed by atoms with E-state index in [1.54, 1.807) is 13.2 Å². The van der Waals surface area contributed by atoms with Gasteiger partial charge in [0, 0.05) is 17.4 Å². The van der Waals surface area contributed by atoms with Gasteiger partial charge in [0.2, 0.25) is 5.91 Å². The maximum absolute atomic E-state index is 11.2. The van der Waals surface area contributed by atoms with Crippen LogP contribution in [-0.2, 0) is 4.79 Å². The minimum absolute atomic E-state index is 0.133. The average molecular weight is 378 g/mol. The fourth-order valence-electron chi connectivity index (χ4n) is 1.79. The number of nitrogens with two attached hydrogens (primary N) is 1. The summed E-state index contributed by atoms with van der Waals surface area (Å²) in [6.07, 6.45) is 0. The highest BCUT2D eigenvalue weighted by molar-refractivity contribution is 7.99. The molecular formula is C15H18N6O2S2. The van der Waals surface area contributed by atoms with Crippen molar-refractivity contribution in [1.29, 1.82) is 0 Å². The number of nitrogens with one attached hydrogen (secondary N) is 3. The number of hydrogen-bond donors (Lipinski definition) is 4. The maximum atomic E-state index is 11.2. The lowest BCUT2D eigenvalue weighted by atomic mass is 10.3. The van der Waals surface area contributed by atoms with Gasteiger partial charge in [-0.1, -0.05) is 11.8 Å². The Labute approximate surface area is 154 Å². The molecule has 0 aliphatic rings. The van der Waals surface area contributed by atoms with E-state index in [2.05, 4.69) is 26.0 Å². The second-order valence-corrected chi connectivity index (χ2v) is 6.19. The number of anilines is 2. The first-order valence-corrected chi connectivity index (χ1v) is 8.59. The second kappa shape index (κ2) is 9.16. The first-order valence-electron chi connectivity index (χ1n) is 7.20. The van der Waals surface area contributed by atoms with E-state index < -0.39 is 0 Å². The molecule has 0 fully saturated rings. The van der Waals surface area contributed by atoms with Gasteiger partial charge in [0.25, 0.3) is 0 Å². The van der Waals surface area contributed by atoms with E-state index >= 15 is 0 Å². The summed E-state index contributed by atoms with van der Waals surface area (Å²) in [5.74, 6) is 6.18. The number of methoxy groups -OCH3 is 1. The Kier molecular flexibility index (Phi) is 6.92. The summed E-state index contributed by atoms with van der Waals surface area (Å²) >= 11 is 6.47. The van der Waals surface area contributed by atoms with Crippen LogP contribution in [0.1, 0.15) is 5.69 Å². The van der Waals surface area contributed by atoms with Gasteiger partial charge >= 0.3 is 0 Å². The Morgan fingerprint density at radius 2 is 2.00 bits per heavy atom. The number of aryl methyl sites for hydroxylation is 1. The Balaban J connectivity index is 1.99. The lowest BCUT2D eigenvalue weighted by Crippen LogP contribution is -2.31. The number of hydrazine groups is 1. The minimum Gasteiger partial charge on any atom is -0.497 e. The molecule has 25 heavy (non-hydrogen) atoms. The molecule has 0 atom stereocenters. The van der Waals surface area contributed by atoms with E-state index in [1.165, 1.54) is 11.8 Å². The highest BCUT2D eigenvalue weighted by Gasteiger charge is 2.07. The van der Waals surface area contributed by atoms with Crippen LogP contribution in [0.2, 0.25) is 0 Å². The Hall–Kier alpha value is -2.43. The zero-order valence-corrected chi connectivity index (χ0v) is 15.3. The molecule has 0 saturated heterocycles. The summed E-state index contributed by atoms with van der Waals surface area (Å²) in [6.45, 7) is 1.83. The normalized spacial score (nSPS) is 10.0. The van der Waals surface area contributed by atoms with E-state index in [0.717, 1.165) is 17.1 Å². The van der Waals surface area contributed by atoms with Gasteiger partial charge in [0.1, 0.15) is 11.6 Å². The predicted molar refractivity (Wildman–Crippen MR) is 103 cm³/mol. The first-order chi connectivity index (χ1) is 12.0. The topological polar surface area (TPSA) is 114 Å². The zero-order chi connectivity index (χ0) is 18.2. The van der Waals surface area contributed by atoms with Gasteiger partial charge in [-0.15, -0.1) is 0 Å². The summed E-state index contributed by atoms with van der Waals surface area (Å²) in [6, 6.07) is 9.12. The lowest BCUT2D eigenvalue weighted by molar-refractivity contribution is -0.118. The van der Waals surface area contributed by atoms with Crippen molar-refractivity contribution in [3.05, 3.63) is 36.0 Å². The van der Waals surface area contributed by atoms with Crippen LogP contribution < -0.4 is 26.6 Å². The second-order valence-electron chi connectivity index (χ2n) is 4.84. The Morgan fingerprint density at radius 3 is 2.64 bits per heavy atom. The largest absolute Gasteiger partial charge is 0.497 e. The first kappa shape index (κ1) is 18.9. The summed E-state index contributed by atoms with van der Waals surface area (Å²) in [4.78, 5) is 19.8. The molecule has 10 heteroatoms. The van der Waals surface area contributed by atoms with E-state index in [9.17, 15) is 4.79 Å². The van der Waals surface area contributed by atoms with E-state index in [4.69, 9.17) is 22.8 Å². The number of carbonyl (C=O) groups is 1. The van der Waals surface area contributed by atoms with E-state index in [1.807, 2.05) is 31.2 Å². The van der Waals surface area contributed by atoms with Gasteiger partial charge in [-0.2, -0.15) is 0 Å². The molecule has 0 aliphatic heterocycles. The SMILES string of the molecule is COc1ccc(NC(=S)Nc2cc(C)nc(SCC(=O)NN)n2)cc1. The lowest BCUT2D eigenvalue weighted by Gasteiger charge is -2.11. The number of hydrogen-bond acceptors (Lipinski definition) is 7. The van der Waals surface area contributed by atoms with Gasteiger partial charge in [-0.05, 0) is 43.4 Å². The van der Waals surface area contributed by atoms with Crippen molar-refractivity contribution in [2.75, 3.05) is 23.5 Å². The van der Waals surface area contributed by atoms with Gasteiger partial charge < -0.3 is 15.4 Å². The summed E-state index contributed by atoms with van der Waals surface area (Å²) < 4.78 is 5.11. The number of thiocarbonyl (C=S) groups is 1. The molecule has 0 aliphatic carbocycles. The molecule has 0 bridgehead atoms. The zero-order valence-electron chi connectivity index (χ0n) is 13.7. The smallest absolute Gasteiger partial charge is 0.244 e. The van der Waals surface area contributed by atoms with E-state index in [-0.39, 0.29) is 11.7 Å². The Morgan fingerprint density at radius 1 is 1.28 bits per heavy atom. The van der Waals surface area contributed by atoms with Crippen LogP contribution in [-0.4, -0.2) is 33.9 Å². The van der Waals surface area contributed by atoms with Crippen molar-refractivity contribution in [1.82, 2.24) is 15.4 Å². The molecule has 0 unspecified atom stereocenters. The van der Waals surface area contributed by atoms with Crippen LogP contribution >= 0.6 is 24.0 Å². The van der Waals surface area contributed by atoms with Gasteiger partial charge in [0.05, 0.1) is 12.9 Å². The summed E-state index contributed by atoms with van der Waals surface area (Å²) in [7, 11) is 1.61. The Bertz CT molecular complexity index is 754. The average Bonchev–Trinajstić information content (AvgIpc) is 2.59. The van der Waals surface area contributed by atoms with Crippen molar-refractivity contribution in [3.8, 4) is 5.75 Å². The van der Waals surface area contributed by atoms with Crippen LogP contribution in [0.3, 0.4) is 0 Å². The van der Waals surface area contributed by atoms with Gasteiger partial charge in [-0.25, -0.2) is 15.8 Å². The number of nitrogens with zero attached hydrogens (tertiary/aromatic N) is 2. The van der Waals surface area contributed by atoms with Crippen molar-refractivity contribution in [2.45, 2.75) is 12.1 Å². The number of carbonyl (C=O) groups excluding carboxylic acids is 1. The number of rotatable bonds is 6. The standard InChI is InChI=1S/C15H18N6O2S2/c1-9-7-12(20-15(17-9)25-8-13(22)21-16)19-14(24)18-10-3-5-11(23-2)6-4-10/h3-7H,8,16H2,1-2H3,(H,21,22)(H2,17,18,19,20,24). The minimum atomic E-state index is -0.304. The molecule has 2 rings (SSSR count). The molecule has 1 amide bonds. The molecule has 5 N–H and O–H groups in total. The molecule has 1 aromatic heterocycles. The van der Waals surface area contributed by atoms with E-state index in [0.29, 0.717) is 16.1 Å². The molecule has 8 nitrogen and oxygen atoms in total. The molecule has 0 spiro atoms. The number of ether oxygens (including phenoxy) is 1. The monoisotopic (exact) mass is 378 g/mol. The summed E-state index contributed by atoms with van der Waals surface area (Å²) in [5.41, 5.74) is 3.63. The number of amides is 1. The fourth-order valence-corrected chi connectivity index (χ4v) is 2.73. The molecule has 0 radical (unpaired) electrons. The van der Waals surface area contributed by atoms with Gasteiger partial charge in [-0.3, -0.25) is 10.2 Å². The highest BCUT2D eigenvalue weighted by Crippen LogP contribution is 2.18. The molecule has 132 valence electrons. The molecule has 1 heterocycles. The molecule has 2 aromatic rings. The number of benzene rings is 1. The maximum Gasteiger partial charge on any atom is 0.244 e. The highest BCUT2D eigenvalue weighted by atomic mass is 32.2. The predicted octanol–water partition coefficient (Wildman–Crippen LogP) is 1.68. The molecule has 1 aromatic carbocycles. The van der Waals surface area contributed by atoms with Crippen molar-refractivity contribution >= 4 is 46.5 Å². The van der Waals surface area contributed by atoms with Crippen LogP contribution in [0.4, 0.5) is 11.5 Å². The number of aromatic nitrogens is 2. The van der Waals surface area contributed by atoms with Crippen LogP contribution in [0.25, 0.3) is 0 Å². The quantitative estimate of drug-likeness (QED) is 0.149. The molecule has 0 saturated carbocycles. The van der Waals surface area contributed by atoms with Crippen LogP contribution in [0, 0.1) is 6.92 Å². The third kappa shape index (κ3) is 6.18. The van der Waals surface area contributed by atoms with Gasteiger partial charge in [0.15, 0.2) is 10.3 Å². The fraction of sp³-hybridized carbons (Fsp3) is 0.200. The van der Waals surface area contributed by atoms with Crippen molar-refractivity contribution < 1.29 is 9.53 Å². The summed E-state index contributed by atoms with van der Waals surface area (Å²) in [5, 5.41) is 6.90.